The average molecular weight is 558 g/mol. The van der Waals surface area contributed by atoms with Crippen LogP contribution >= 0.6 is 11.6 Å². The normalized spacial score (nSPS) is 18.2. The fraction of sp³-hybridized carbons (Fsp3) is 0.429. The summed E-state index contributed by atoms with van der Waals surface area (Å²) in [6, 6.07) is 4.94. The fourth-order valence-electron chi connectivity index (χ4n) is 3.52. The Morgan fingerprint density at radius 1 is 0.838 bits per heavy atom. The molecule has 2 atom stereocenters. The first-order valence-electron chi connectivity index (χ1n) is 10.3. The first kappa shape index (κ1) is 28.1. The van der Waals surface area contributed by atoms with Crippen molar-refractivity contribution in [2.75, 3.05) is 32.2 Å². The van der Waals surface area contributed by atoms with Crippen molar-refractivity contribution in [2.45, 2.75) is 19.1 Å². The van der Waals surface area contributed by atoms with Crippen molar-refractivity contribution in [1.82, 2.24) is 9.97 Å². The molecule has 2 aromatic rings. The number of esters is 2. The van der Waals surface area contributed by atoms with E-state index in [1.807, 2.05) is 4.90 Å². The predicted molar refractivity (Wildman–Crippen MR) is 113 cm³/mol. The maximum absolute atomic E-state index is 12.4. The number of nitrogens with zero attached hydrogens (tertiary/aromatic N) is 3. The maximum atomic E-state index is 12.4. The van der Waals surface area contributed by atoms with Crippen molar-refractivity contribution >= 4 is 29.4 Å². The number of hydrogen-bond donors (Lipinski definition) is 0. The average Bonchev–Trinajstić information content (AvgIpc) is 3.41. The fourth-order valence-corrected chi connectivity index (χ4v) is 3.66. The molecule has 3 heterocycles. The number of methoxy groups -OCH3 is 2. The van der Waals surface area contributed by atoms with Gasteiger partial charge < -0.3 is 23.8 Å². The highest BCUT2D eigenvalue weighted by molar-refractivity contribution is 6.29. The molecule has 0 bridgehead atoms. The molecule has 0 amide bonds. The molecule has 202 valence electrons. The number of aromatic nitrogens is 2. The lowest BCUT2D eigenvalue weighted by Crippen LogP contribution is -2.25. The second-order valence-corrected chi connectivity index (χ2v) is 8.14. The van der Waals surface area contributed by atoms with E-state index in [1.165, 1.54) is 18.6 Å². The Morgan fingerprint density at radius 2 is 1.30 bits per heavy atom. The van der Waals surface area contributed by atoms with Gasteiger partial charge in [0.15, 0.2) is 0 Å². The van der Waals surface area contributed by atoms with Crippen molar-refractivity contribution in [1.29, 1.82) is 0 Å². The highest BCUT2D eigenvalue weighted by Gasteiger charge is 2.45. The van der Waals surface area contributed by atoms with Gasteiger partial charge in [0.2, 0.25) is 11.8 Å². The molecule has 1 aliphatic carbocycles. The van der Waals surface area contributed by atoms with Gasteiger partial charge in [-0.15, -0.1) is 26.3 Å². The zero-order chi connectivity index (χ0) is 27.5. The predicted octanol–water partition coefficient (Wildman–Crippen LogP) is 4.64. The van der Waals surface area contributed by atoms with Crippen LogP contribution < -0.4 is 14.4 Å². The van der Waals surface area contributed by atoms with E-state index in [9.17, 15) is 35.9 Å². The molecule has 2 unspecified atom stereocenters. The minimum Gasteiger partial charge on any atom is -0.465 e. The van der Waals surface area contributed by atoms with Gasteiger partial charge in [0.1, 0.15) is 22.1 Å². The molecule has 2 aromatic heterocycles. The third-order valence-electron chi connectivity index (χ3n) is 5.21. The number of carbonyl (C=O) groups is 2. The maximum Gasteiger partial charge on any atom is 0.574 e. The Labute approximate surface area is 210 Å². The lowest BCUT2D eigenvalue weighted by molar-refractivity contribution is -0.277. The van der Waals surface area contributed by atoms with Gasteiger partial charge >= 0.3 is 24.7 Å². The van der Waals surface area contributed by atoms with Crippen LogP contribution in [0.5, 0.6) is 11.8 Å². The second kappa shape index (κ2) is 10.9. The van der Waals surface area contributed by atoms with E-state index in [0.717, 1.165) is 39.4 Å². The largest absolute Gasteiger partial charge is 0.574 e. The molecule has 9 nitrogen and oxygen atoms in total. The summed E-state index contributed by atoms with van der Waals surface area (Å²) in [7, 11) is 2.11. The van der Waals surface area contributed by atoms with Gasteiger partial charge in [0, 0.05) is 13.1 Å². The molecule has 2 aliphatic rings. The van der Waals surface area contributed by atoms with Crippen molar-refractivity contribution in [3.05, 3.63) is 40.5 Å². The molecule has 0 N–H and O–H groups in total. The van der Waals surface area contributed by atoms with E-state index in [0.29, 0.717) is 17.7 Å². The standard InChI is InChI=1S/C13H13F3N2O3.C8H5ClF3NO3/c1-20-12(19)9-2-3-10(17-11(9)21-13(14,15)16)18-5-7-4-8(7)6-18;1-15-7(14)4-2-3-5(9)13-6(4)16-8(10,11)12/h2-3,7-8H,4-6H2,1H3;2-3H,1H3. The molecule has 37 heavy (non-hydrogen) atoms. The van der Waals surface area contributed by atoms with Gasteiger partial charge in [0.05, 0.1) is 14.2 Å². The van der Waals surface area contributed by atoms with Gasteiger partial charge in [-0.05, 0) is 42.5 Å². The van der Waals surface area contributed by atoms with Crippen LogP contribution in [-0.2, 0) is 9.47 Å². The van der Waals surface area contributed by atoms with Crippen LogP contribution in [0.1, 0.15) is 27.1 Å². The van der Waals surface area contributed by atoms with Crippen molar-refractivity contribution < 1.29 is 54.9 Å². The van der Waals surface area contributed by atoms with E-state index in [1.54, 1.807) is 0 Å². The smallest absolute Gasteiger partial charge is 0.465 e. The Balaban J connectivity index is 0.000000214. The second-order valence-electron chi connectivity index (χ2n) is 7.75. The lowest BCUT2D eigenvalue weighted by atomic mass is 10.2. The number of pyridine rings is 2. The third-order valence-corrected chi connectivity index (χ3v) is 5.42. The van der Waals surface area contributed by atoms with Crippen LogP contribution in [0.3, 0.4) is 0 Å². The molecular formula is C21H18ClF6N3O6. The Morgan fingerprint density at radius 3 is 1.76 bits per heavy atom. The summed E-state index contributed by atoms with van der Waals surface area (Å²) in [5, 5.41) is -0.230. The monoisotopic (exact) mass is 557 g/mol. The van der Waals surface area contributed by atoms with Crippen LogP contribution in [0, 0.1) is 11.8 Å². The number of hydrogen-bond acceptors (Lipinski definition) is 9. The SMILES string of the molecule is COC(=O)c1ccc(Cl)nc1OC(F)(F)F.COC(=O)c1ccc(N2CC3CC3C2)nc1OC(F)(F)F. The Bertz CT molecular complexity index is 1150. The summed E-state index contributed by atoms with van der Waals surface area (Å²) in [4.78, 5) is 31.6. The summed E-state index contributed by atoms with van der Waals surface area (Å²) in [5.74, 6) is -2.02. The molecule has 16 heteroatoms. The number of anilines is 1. The van der Waals surface area contributed by atoms with Gasteiger partial charge in [-0.3, -0.25) is 0 Å². The van der Waals surface area contributed by atoms with Crippen LogP contribution in [0.2, 0.25) is 5.15 Å². The molecule has 0 spiro atoms. The topological polar surface area (TPSA) is 100 Å². The molecule has 1 aliphatic heterocycles. The van der Waals surface area contributed by atoms with E-state index >= 15 is 0 Å². The number of ether oxygens (including phenoxy) is 4. The molecule has 2 fully saturated rings. The van der Waals surface area contributed by atoms with Crippen LogP contribution in [0.25, 0.3) is 0 Å². The summed E-state index contributed by atoms with van der Waals surface area (Å²) in [6.07, 6.45) is -8.70. The number of carbonyl (C=O) groups excluding carboxylic acids is 2. The first-order valence-corrected chi connectivity index (χ1v) is 10.7. The first-order chi connectivity index (χ1) is 17.2. The van der Waals surface area contributed by atoms with E-state index in [4.69, 9.17) is 11.6 Å². The van der Waals surface area contributed by atoms with Crippen molar-refractivity contribution in [2.24, 2.45) is 11.8 Å². The molecule has 0 aromatic carbocycles. The third kappa shape index (κ3) is 7.74. The van der Waals surface area contributed by atoms with Gasteiger partial charge in [0.25, 0.3) is 0 Å². The van der Waals surface area contributed by atoms with E-state index in [2.05, 4.69) is 28.9 Å². The molecule has 0 radical (unpaired) electrons. The summed E-state index contributed by atoms with van der Waals surface area (Å²) >= 11 is 5.38. The van der Waals surface area contributed by atoms with Crippen LogP contribution in [0.15, 0.2) is 24.3 Å². The Hall–Kier alpha value is -3.49. The number of rotatable bonds is 5. The van der Waals surface area contributed by atoms with Crippen LogP contribution in [-0.4, -0.2) is 61.9 Å². The highest BCUT2D eigenvalue weighted by atomic mass is 35.5. The van der Waals surface area contributed by atoms with Crippen molar-refractivity contribution in [3.63, 3.8) is 0 Å². The molecule has 1 saturated heterocycles. The minimum absolute atomic E-state index is 0.230. The molecule has 4 rings (SSSR count). The summed E-state index contributed by atoms with van der Waals surface area (Å²) in [6.45, 7) is 1.56. The van der Waals surface area contributed by atoms with E-state index in [-0.39, 0.29) is 10.7 Å². The minimum atomic E-state index is -4.96. The Kier molecular flexibility index (Phi) is 8.25. The van der Waals surface area contributed by atoms with Gasteiger partial charge in [-0.2, -0.15) is 4.98 Å². The number of piperidine rings is 1. The number of alkyl halides is 6. The van der Waals surface area contributed by atoms with Crippen molar-refractivity contribution in [3.8, 4) is 11.8 Å². The zero-order valence-electron chi connectivity index (χ0n) is 19.0. The summed E-state index contributed by atoms with van der Waals surface area (Å²) in [5.41, 5.74) is -0.799. The van der Waals surface area contributed by atoms with Gasteiger partial charge in [-0.1, -0.05) is 11.6 Å². The molecular weight excluding hydrogens is 540 g/mol. The number of halogens is 7. The quantitative estimate of drug-likeness (QED) is 0.296. The number of fused-ring (bicyclic) bond motifs is 1. The van der Waals surface area contributed by atoms with E-state index < -0.39 is 42.0 Å². The summed E-state index contributed by atoms with van der Waals surface area (Å²) < 4.78 is 89.3. The zero-order valence-corrected chi connectivity index (χ0v) is 19.8. The van der Waals surface area contributed by atoms with Crippen LogP contribution in [0.4, 0.5) is 32.2 Å². The highest BCUT2D eigenvalue weighted by Crippen LogP contribution is 2.46. The van der Waals surface area contributed by atoms with Gasteiger partial charge in [-0.25, -0.2) is 14.6 Å². The molecule has 1 saturated carbocycles. The lowest BCUT2D eigenvalue weighted by Gasteiger charge is -2.20.